The summed E-state index contributed by atoms with van der Waals surface area (Å²) in [7, 11) is 0. The van der Waals surface area contributed by atoms with E-state index in [1.165, 1.54) is 44.9 Å². The van der Waals surface area contributed by atoms with Crippen molar-refractivity contribution in [1.82, 2.24) is 0 Å². The van der Waals surface area contributed by atoms with Crippen LogP contribution in [0.3, 0.4) is 0 Å². The largest absolute Gasteiger partial charge is 0.388 e. The third kappa shape index (κ3) is 6.76. The number of rotatable bonds is 10. The Kier molecular flexibility index (Phi) is 8.97. The molecule has 1 aromatic carbocycles. The maximum absolute atomic E-state index is 10.2. The van der Waals surface area contributed by atoms with Crippen LogP contribution < -0.4 is 0 Å². The summed E-state index contributed by atoms with van der Waals surface area (Å²) in [4.78, 5) is 0. The van der Waals surface area contributed by atoms with Crippen molar-refractivity contribution in [2.75, 3.05) is 0 Å². The SMILES string of the molecule is CCCCCCCCCCC(O)c1ccc(Cl)cc1C. The lowest BCUT2D eigenvalue weighted by Crippen LogP contribution is -2.00. The summed E-state index contributed by atoms with van der Waals surface area (Å²) in [5.41, 5.74) is 2.11. The van der Waals surface area contributed by atoms with Gasteiger partial charge in [0.1, 0.15) is 0 Å². The van der Waals surface area contributed by atoms with Gasteiger partial charge in [-0.25, -0.2) is 0 Å². The number of aryl methyl sites for hydroxylation is 1. The lowest BCUT2D eigenvalue weighted by molar-refractivity contribution is 0.162. The van der Waals surface area contributed by atoms with Gasteiger partial charge in [-0.15, -0.1) is 0 Å². The molecule has 2 heteroatoms. The van der Waals surface area contributed by atoms with E-state index in [-0.39, 0.29) is 6.10 Å². The van der Waals surface area contributed by atoms with Crippen molar-refractivity contribution in [3.05, 3.63) is 34.3 Å². The van der Waals surface area contributed by atoms with Gasteiger partial charge in [-0.1, -0.05) is 76.0 Å². The summed E-state index contributed by atoms with van der Waals surface area (Å²) < 4.78 is 0. The molecule has 0 aliphatic carbocycles. The molecule has 1 N–H and O–H groups in total. The molecule has 0 aliphatic rings. The highest BCUT2D eigenvalue weighted by Gasteiger charge is 2.10. The van der Waals surface area contributed by atoms with Gasteiger partial charge in [0.05, 0.1) is 6.10 Å². The van der Waals surface area contributed by atoms with E-state index in [1.807, 2.05) is 25.1 Å². The van der Waals surface area contributed by atoms with Gasteiger partial charge in [0.25, 0.3) is 0 Å². The third-order valence-electron chi connectivity index (χ3n) is 3.92. The minimum Gasteiger partial charge on any atom is -0.388 e. The molecule has 0 saturated carbocycles. The normalized spacial score (nSPS) is 12.6. The molecule has 20 heavy (non-hydrogen) atoms. The first-order valence-electron chi connectivity index (χ1n) is 8.09. The first kappa shape index (κ1) is 17.5. The average molecular weight is 297 g/mol. The minimum atomic E-state index is -0.340. The topological polar surface area (TPSA) is 20.2 Å². The van der Waals surface area contributed by atoms with Crippen LogP contribution in [0.2, 0.25) is 5.02 Å². The molecule has 1 unspecified atom stereocenters. The van der Waals surface area contributed by atoms with Crippen molar-refractivity contribution >= 4 is 11.6 Å². The van der Waals surface area contributed by atoms with E-state index in [9.17, 15) is 5.11 Å². The first-order valence-corrected chi connectivity index (χ1v) is 8.47. The highest BCUT2D eigenvalue weighted by Crippen LogP contribution is 2.25. The van der Waals surface area contributed by atoms with Gasteiger partial charge < -0.3 is 5.11 Å². The summed E-state index contributed by atoms with van der Waals surface area (Å²) in [6.07, 6.45) is 10.9. The Morgan fingerprint density at radius 2 is 1.60 bits per heavy atom. The number of hydrogen-bond acceptors (Lipinski definition) is 1. The van der Waals surface area contributed by atoms with E-state index in [0.29, 0.717) is 0 Å². The Balaban J connectivity index is 2.15. The quantitative estimate of drug-likeness (QED) is 0.509. The first-order chi connectivity index (χ1) is 9.65. The molecule has 0 bridgehead atoms. The average Bonchev–Trinajstić information content (AvgIpc) is 2.41. The molecule has 0 heterocycles. The van der Waals surface area contributed by atoms with Crippen molar-refractivity contribution in [2.24, 2.45) is 0 Å². The van der Waals surface area contributed by atoms with Gasteiger partial charge >= 0.3 is 0 Å². The van der Waals surface area contributed by atoms with Gasteiger partial charge in [-0.3, -0.25) is 0 Å². The Labute approximate surface area is 129 Å². The fraction of sp³-hybridized carbons (Fsp3) is 0.667. The molecular formula is C18H29ClO. The summed E-state index contributed by atoms with van der Waals surface area (Å²) in [6, 6.07) is 5.74. The fourth-order valence-corrected chi connectivity index (χ4v) is 2.87. The van der Waals surface area contributed by atoms with Crippen molar-refractivity contribution < 1.29 is 5.11 Å². The number of unbranched alkanes of at least 4 members (excludes halogenated alkanes) is 7. The van der Waals surface area contributed by atoms with Crippen LogP contribution in [0.5, 0.6) is 0 Å². The van der Waals surface area contributed by atoms with Gasteiger partial charge in [0.15, 0.2) is 0 Å². The second kappa shape index (κ2) is 10.2. The van der Waals surface area contributed by atoms with Crippen molar-refractivity contribution in [2.45, 2.75) is 77.7 Å². The minimum absolute atomic E-state index is 0.340. The van der Waals surface area contributed by atoms with Gasteiger partial charge in [-0.2, -0.15) is 0 Å². The smallest absolute Gasteiger partial charge is 0.0792 e. The maximum Gasteiger partial charge on any atom is 0.0792 e. The zero-order valence-electron chi connectivity index (χ0n) is 13.0. The summed E-state index contributed by atoms with van der Waals surface area (Å²) >= 11 is 5.94. The van der Waals surface area contributed by atoms with Crippen LogP contribution in [0.4, 0.5) is 0 Å². The summed E-state index contributed by atoms with van der Waals surface area (Å²) in [6.45, 7) is 4.26. The molecule has 114 valence electrons. The Hall–Kier alpha value is -0.530. The van der Waals surface area contributed by atoms with Crippen molar-refractivity contribution in [3.63, 3.8) is 0 Å². The van der Waals surface area contributed by atoms with Crippen LogP contribution in [-0.2, 0) is 0 Å². The molecule has 1 atom stereocenters. The number of aliphatic hydroxyl groups excluding tert-OH is 1. The van der Waals surface area contributed by atoms with Gasteiger partial charge in [-0.05, 0) is 36.6 Å². The van der Waals surface area contributed by atoms with Crippen LogP contribution in [0.1, 0.15) is 81.9 Å². The lowest BCUT2D eigenvalue weighted by atomic mass is 9.98. The zero-order valence-corrected chi connectivity index (χ0v) is 13.8. The van der Waals surface area contributed by atoms with E-state index in [4.69, 9.17) is 11.6 Å². The number of aliphatic hydroxyl groups is 1. The molecule has 1 nitrogen and oxygen atoms in total. The summed E-state index contributed by atoms with van der Waals surface area (Å²) in [5.74, 6) is 0. The Morgan fingerprint density at radius 3 is 2.20 bits per heavy atom. The van der Waals surface area contributed by atoms with Crippen LogP contribution in [-0.4, -0.2) is 5.11 Å². The molecule has 1 rings (SSSR count). The Morgan fingerprint density at radius 1 is 1.00 bits per heavy atom. The van der Waals surface area contributed by atoms with Crippen LogP contribution in [0, 0.1) is 6.92 Å². The van der Waals surface area contributed by atoms with Gasteiger partial charge in [0.2, 0.25) is 0 Å². The predicted molar refractivity (Wildman–Crippen MR) is 88.4 cm³/mol. The second-order valence-corrected chi connectivity index (χ2v) is 6.22. The molecule has 0 aromatic heterocycles. The fourth-order valence-electron chi connectivity index (χ4n) is 2.64. The van der Waals surface area contributed by atoms with Crippen LogP contribution >= 0.6 is 11.6 Å². The zero-order chi connectivity index (χ0) is 14.8. The molecule has 0 saturated heterocycles. The molecule has 0 radical (unpaired) electrons. The second-order valence-electron chi connectivity index (χ2n) is 5.78. The number of benzene rings is 1. The number of hydrogen-bond donors (Lipinski definition) is 1. The van der Waals surface area contributed by atoms with E-state index < -0.39 is 0 Å². The Bertz CT molecular complexity index is 376. The molecule has 0 spiro atoms. The molecular weight excluding hydrogens is 268 g/mol. The molecule has 0 aliphatic heterocycles. The predicted octanol–water partition coefficient (Wildman–Crippen LogP) is 6.21. The highest BCUT2D eigenvalue weighted by atomic mass is 35.5. The molecule has 1 aromatic rings. The van der Waals surface area contributed by atoms with Gasteiger partial charge in [0, 0.05) is 5.02 Å². The van der Waals surface area contributed by atoms with E-state index in [1.54, 1.807) is 0 Å². The van der Waals surface area contributed by atoms with Crippen LogP contribution in [0.25, 0.3) is 0 Å². The highest BCUT2D eigenvalue weighted by molar-refractivity contribution is 6.30. The van der Waals surface area contributed by atoms with Crippen molar-refractivity contribution in [3.8, 4) is 0 Å². The third-order valence-corrected chi connectivity index (χ3v) is 4.16. The molecule has 0 amide bonds. The summed E-state index contributed by atoms with van der Waals surface area (Å²) in [5, 5.41) is 11.0. The number of halogens is 1. The van der Waals surface area contributed by atoms with E-state index in [0.717, 1.165) is 29.0 Å². The van der Waals surface area contributed by atoms with Crippen molar-refractivity contribution in [1.29, 1.82) is 0 Å². The van der Waals surface area contributed by atoms with Crippen LogP contribution in [0.15, 0.2) is 18.2 Å². The van der Waals surface area contributed by atoms with E-state index in [2.05, 4.69) is 6.92 Å². The monoisotopic (exact) mass is 296 g/mol. The molecule has 0 fully saturated rings. The van der Waals surface area contributed by atoms with E-state index >= 15 is 0 Å². The standard InChI is InChI=1S/C18H29ClO/c1-3-4-5-6-7-8-9-10-11-18(20)17-13-12-16(19)14-15(17)2/h12-14,18,20H,3-11H2,1-2H3. The maximum atomic E-state index is 10.2. The lowest BCUT2D eigenvalue weighted by Gasteiger charge is -2.14.